The van der Waals surface area contributed by atoms with Gasteiger partial charge in [0, 0.05) is 16.6 Å². The third-order valence-corrected chi connectivity index (χ3v) is 5.08. The molecule has 1 aliphatic rings. The lowest BCUT2D eigenvalue weighted by molar-refractivity contribution is 0.144. The summed E-state index contributed by atoms with van der Waals surface area (Å²) >= 11 is 3.33. The SMILES string of the molecule is O=C(NCC#Cc1ccc(Br)cn1)OCC1c2ccccc2-c2ccccc21. The van der Waals surface area contributed by atoms with Crippen molar-refractivity contribution in [2.45, 2.75) is 5.92 Å². The van der Waals surface area contributed by atoms with E-state index in [4.69, 9.17) is 4.74 Å². The minimum atomic E-state index is -0.472. The zero-order chi connectivity index (χ0) is 19.3. The lowest BCUT2D eigenvalue weighted by Gasteiger charge is -2.14. The number of benzene rings is 2. The Hall–Kier alpha value is -3.10. The summed E-state index contributed by atoms with van der Waals surface area (Å²) in [6, 6.07) is 20.2. The maximum absolute atomic E-state index is 12.1. The number of hydrogen-bond acceptors (Lipinski definition) is 3. The van der Waals surface area contributed by atoms with Crippen LogP contribution in [0.4, 0.5) is 4.79 Å². The number of aromatic nitrogens is 1. The molecule has 0 saturated carbocycles. The monoisotopic (exact) mass is 432 g/mol. The molecular formula is C23H17BrN2O2. The van der Waals surface area contributed by atoms with E-state index in [1.54, 1.807) is 6.20 Å². The smallest absolute Gasteiger partial charge is 0.407 e. The van der Waals surface area contributed by atoms with Crippen molar-refractivity contribution in [2.75, 3.05) is 13.2 Å². The molecule has 4 nitrogen and oxygen atoms in total. The Labute approximate surface area is 172 Å². The van der Waals surface area contributed by atoms with Gasteiger partial charge in [-0.15, -0.1) is 0 Å². The molecule has 4 rings (SSSR count). The van der Waals surface area contributed by atoms with E-state index in [-0.39, 0.29) is 12.5 Å². The average molecular weight is 433 g/mol. The highest BCUT2D eigenvalue weighted by Crippen LogP contribution is 2.44. The van der Waals surface area contributed by atoms with E-state index in [2.05, 4.69) is 62.3 Å². The summed E-state index contributed by atoms with van der Waals surface area (Å²) < 4.78 is 6.37. The Balaban J connectivity index is 1.35. The van der Waals surface area contributed by atoms with Crippen molar-refractivity contribution in [3.63, 3.8) is 0 Å². The maximum atomic E-state index is 12.1. The quantitative estimate of drug-likeness (QED) is 0.608. The summed E-state index contributed by atoms with van der Waals surface area (Å²) in [5.41, 5.74) is 5.45. The molecule has 138 valence electrons. The predicted octanol–water partition coefficient (Wildman–Crippen LogP) is 4.73. The fraction of sp³-hybridized carbons (Fsp3) is 0.130. The van der Waals surface area contributed by atoms with Crippen molar-refractivity contribution in [3.8, 4) is 23.0 Å². The van der Waals surface area contributed by atoms with Crippen LogP contribution < -0.4 is 5.32 Å². The lowest BCUT2D eigenvalue weighted by Crippen LogP contribution is -2.26. The van der Waals surface area contributed by atoms with Crippen LogP contribution in [-0.4, -0.2) is 24.2 Å². The molecule has 0 aliphatic heterocycles. The van der Waals surface area contributed by atoms with Crippen molar-refractivity contribution >= 4 is 22.0 Å². The van der Waals surface area contributed by atoms with Gasteiger partial charge < -0.3 is 10.1 Å². The van der Waals surface area contributed by atoms with Crippen molar-refractivity contribution < 1.29 is 9.53 Å². The lowest BCUT2D eigenvalue weighted by atomic mass is 9.98. The van der Waals surface area contributed by atoms with Crippen LogP contribution >= 0.6 is 15.9 Å². The number of carbonyl (C=O) groups excluding carboxylic acids is 1. The highest BCUT2D eigenvalue weighted by Gasteiger charge is 2.28. The Morgan fingerprint density at radius 3 is 2.36 bits per heavy atom. The van der Waals surface area contributed by atoms with E-state index >= 15 is 0 Å². The highest BCUT2D eigenvalue weighted by molar-refractivity contribution is 9.10. The van der Waals surface area contributed by atoms with Gasteiger partial charge in [0.05, 0.1) is 6.54 Å². The molecule has 1 N–H and O–H groups in total. The number of hydrogen-bond donors (Lipinski definition) is 1. The molecule has 0 unspecified atom stereocenters. The Bertz CT molecular complexity index is 1020. The third-order valence-electron chi connectivity index (χ3n) is 4.61. The van der Waals surface area contributed by atoms with Crippen LogP contribution in [0.25, 0.3) is 11.1 Å². The molecule has 0 bridgehead atoms. The van der Waals surface area contributed by atoms with E-state index in [1.807, 2.05) is 36.4 Å². The Kier molecular flexibility index (Phi) is 5.41. The van der Waals surface area contributed by atoms with Crippen LogP contribution in [0.15, 0.2) is 71.3 Å². The minimum absolute atomic E-state index is 0.0520. The second-order valence-electron chi connectivity index (χ2n) is 6.34. The molecule has 0 radical (unpaired) electrons. The number of amides is 1. The molecule has 28 heavy (non-hydrogen) atoms. The van der Waals surface area contributed by atoms with Gasteiger partial charge in [-0.3, -0.25) is 0 Å². The van der Waals surface area contributed by atoms with Crippen LogP contribution in [0, 0.1) is 11.8 Å². The van der Waals surface area contributed by atoms with Gasteiger partial charge in [0.25, 0.3) is 0 Å². The first-order valence-corrected chi connectivity index (χ1v) is 9.71. The fourth-order valence-corrected chi connectivity index (χ4v) is 3.58. The molecule has 0 saturated heterocycles. The second kappa shape index (κ2) is 8.28. The Morgan fingerprint density at radius 1 is 1.04 bits per heavy atom. The van der Waals surface area contributed by atoms with Gasteiger partial charge in [0.15, 0.2) is 0 Å². The number of ether oxygens (including phenoxy) is 1. The normalized spacial score (nSPS) is 11.8. The summed E-state index contributed by atoms with van der Waals surface area (Å²) in [5, 5.41) is 2.66. The molecule has 1 aromatic heterocycles. The molecule has 0 spiro atoms. The summed E-state index contributed by atoms with van der Waals surface area (Å²) in [4.78, 5) is 16.2. The van der Waals surface area contributed by atoms with Gasteiger partial charge in [-0.1, -0.05) is 54.5 Å². The fourth-order valence-electron chi connectivity index (χ4n) is 3.35. The van der Waals surface area contributed by atoms with Crippen molar-refractivity contribution in [1.29, 1.82) is 0 Å². The largest absolute Gasteiger partial charge is 0.449 e. The number of carbonyl (C=O) groups is 1. The van der Waals surface area contributed by atoms with Crippen molar-refractivity contribution in [3.05, 3.63) is 88.2 Å². The number of halogens is 1. The molecule has 0 fully saturated rings. The topological polar surface area (TPSA) is 51.2 Å². The van der Waals surface area contributed by atoms with Crippen LogP contribution in [0.5, 0.6) is 0 Å². The summed E-state index contributed by atoms with van der Waals surface area (Å²) in [6.07, 6.45) is 1.21. The van der Waals surface area contributed by atoms with E-state index in [1.165, 1.54) is 22.3 Å². The van der Waals surface area contributed by atoms with Crippen LogP contribution in [-0.2, 0) is 4.74 Å². The number of pyridine rings is 1. The van der Waals surface area contributed by atoms with Crippen LogP contribution in [0.2, 0.25) is 0 Å². The highest BCUT2D eigenvalue weighted by atomic mass is 79.9. The first-order chi connectivity index (χ1) is 13.7. The van der Waals surface area contributed by atoms with Gasteiger partial charge in [-0.25, -0.2) is 9.78 Å². The molecule has 2 aromatic carbocycles. The van der Waals surface area contributed by atoms with Crippen molar-refractivity contribution in [1.82, 2.24) is 10.3 Å². The molecule has 3 aromatic rings. The molecular weight excluding hydrogens is 416 g/mol. The molecule has 5 heteroatoms. The summed E-state index contributed by atoms with van der Waals surface area (Å²) in [5.74, 6) is 5.82. The molecule has 1 aliphatic carbocycles. The zero-order valence-electron chi connectivity index (χ0n) is 15.0. The average Bonchev–Trinajstić information content (AvgIpc) is 3.05. The van der Waals surface area contributed by atoms with Crippen molar-refractivity contribution in [2.24, 2.45) is 0 Å². The third kappa shape index (κ3) is 3.92. The second-order valence-corrected chi connectivity index (χ2v) is 7.26. The molecule has 1 heterocycles. The van der Waals surface area contributed by atoms with Gasteiger partial charge in [0.2, 0.25) is 0 Å². The van der Waals surface area contributed by atoms with Gasteiger partial charge in [-0.2, -0.15) is 0 Å². The number of nitrogens with zero attached hydrogens (tertiary/aromatic N) is 1. The molecule has 0 atom stereocenters. The number of nitrogens with one attached hydrogen (secondary N) is 1. The summed E-state index contributed by atoms with van der Waals surface area (Å²) in [6.45, 7) is 0.496. The predicted molar refractivity (Wildman–Crippen MR) is 112 cm³/mol. The molecule has 1 amide bonds. The standard InChI is InChI=1S/C23H17BrN2O2/c24-16-11-12-17(26-14-16)6-5-13-25-23(27)28-15-22-20-9-3-1-7-18(20)19-8-2-4-10-21(19)22/h1-4,7-12,14,22H,13,15H2,(H,25,27). The van der Waals surface area contributed by atoms with Gasteiger partial charge >= 0.3 is 6.09 Å². The van der Waals surface area contributed by atoms with Gasteiger partial charge in [0.1, 0.15) is 12.3 Å². The van der Waals surface area contributed by atoms with E-state index in [0.717, 1.165) is 4.47 Å². The number of alkyl carbamates (subject to hydrolysis) is 1. The van der Waals surface area contributed by atoms with E-state index < -0.39 is 6.09 Å². The summed E-state index contributed by atoms with van der Waals surface area (Å²) in [7, 11) is 0. The van der Waals surface area contributed by atoms with E-state index in [0.29, 0.717) is 12.3 Å². The number of fused-ring (bicyclic) bond motifs is 3. The number of rotatable bonds is 3. The van der Waals surface area contributed by atoms with Gasteiger partial charge in [-0.05, 0) is 56.2 Å². The zero-order valence-corrected chi connectivity index (χ0v) is 16.6. The minimum Gasteiger partial charge on any atom is -0.449 e. The van der Waals surface area contributed by atoms with E-state index in [9.17, 15) is 4.79 Å². The first kappa shape index (κ1) is 18.3. The maximum Gasteiger partial charge on any atom is 0.407 e. The van der Waals surface area contributed by atoms with Crippen LogP contribution in [0.1, 0.15) is 22.7 Å². The Morgan fingerprint density at radius 2 is 1.71 bits per heavy atom. The van der Waals surface area contributed by atoms with Crippen LogP contribution in [0.3, 0.4) is 0 Å². The first-order valence-electron chi connectivity index (χ1n) is 8.91.